The highest BCUT2D eigenvalue weighted by Gasteiger charge is 2.48. The number of urea groups is 1. The van der Waals surface area contributed by atoms with Crippen molar-refractivity contribution in [3.8, 4) is 11.6 Å². The average molecular weight is 352 g/mol. The predicted octanol–water partition coefficient (Wildman–Crippen LogP) is 1.37. The van der Waals surface area contributed by atoms with Crippen LogP contribution in [0.15, 0.2) is 48.7 Å². The van der Waals surface area contributed by atoms with E-state index in [0.29, 0.717) is 22.0 Å². The maximum absolute atomic E-state index is 12.6. The van der Waals surface area contributed by atoms with Crippen molar-refractivity contribution in [1.82, 2.24) is 15.2 Å². The number of imide groups is 1. The van der Waals surface area contributed by atoms with E-state index in [-0.39, 0.29) is 18.2 Å². The first kappa shape index (κ1) is 15.8. The van der Waals surface area contributed by atoms with Gasteiger partial charge in [-0.25, -0.2) is 4.79 Å². The molecule has 4 rings (SSSR count). The second kappa shape index (κ2) is 5.41. The van der Waals surface area contributed by atoms with Gasteiger partial charge in [-0.2, -0.15) is 0 Å². The molecule has 0 spiro atoms. The summed E-state index contributed by atoms with van der Waals surface area (Å²) in [5, 5.41) is 26.2. The van der Waals surface area contributed by atoms with Crippen LogP contribution in [0.3, 0.4) is 0 Å². The van der Waals surface area contributed by atoms with Crippen LogP contribution in [0.25, 0.3) is 10.8 Å². The average Bonchev–Trinajstić information content (AvgIpc) is 3.05. The van der Waals surface area contributed by atoms with E-state index in [1.165, 1.54) is 16.7 Å². The summed E-state index contributed by atoms with van der Waals surface area (Å²) in [6.45, 7) is -0.0320. The molecule has 0 aliphatic carbocycles. The highest BCUT2D eigenvalue weighted by Crippen LogP contribution is 2.34. The van der Waals surface area contributed by atoms with E-state index >= 15 is 0 Å². The highest BCUT2D eigenvalue weighted by molar-refractivity contribution is 6.07. The maximum atomic E-state index is 12.6. The van der Waals surface area contributed by atoms with Crippen LogP contribution in [-0.2, 0) is 16.9 Å². The van der Waals surface area contributed by atoms with Gasteiger partial charge in [0.15, 0.2) is 11.4 Å². The molecule has 132 valence electrons. The van der Waals surface area contributed by atoms with Crippen molar-refractivity contribution in [3.05, 3.63) is 54.2 Å². The van der Waals surface area contributed by atoms with Crippen LogP contribution in [0.5, 0.6) is 11.6 Å². The molecule has 1 aliphatic rings. The van der Waals surface area contributed by atoms with Crippen LogP contribution in [0, 0.1) is 0 Å². The van der Waals surface area contributed by atoms with E-state index in [2.05, 4.69) is 10.6 Å². The van der Waals surface area contributed by atoms with E-state index in [1.54, 1.807) is 36.5 Å². The van der Waals surface area contributed by atoms with Crippen LogP contribution in [0.2, 0.25) is 0 Å². The van der Waals surface area contributed by atoms with Crippen molar-refractivity contribution < 1.29 is 19.8 Å². The van der Waals surface area contributed by atoms with Crippen LogP contribution in [0.1, 0.15) is 5.56 Å². The minimum Gasteiger partial charge on any atom is -0.508 e. The summed E-state index contributed by atoms with van der Waals surface area (Å²) in [6.07, 6.45) is 1.61. The zero-order chi connectivity index (χ0) is 18.5. The number of nitrogens with two attached hydrogens (primary N) is 1. The molecule has 1 fully saturated rings. The number of carbonyl (C=O) groups excluding carboxylic acids is 2. The van der Waals surface area contributed by atoms with Crippen molar-refractivity contribution >= 4 is 28.4 Å². The Bertz CT molecular complexity index is 1040. The Labute approximate surface area is 147 Å². The van der Waals surface area contributed by atoms with Gasteiger partial charge in [-0.3, -0.25) is 10.1 Å². The Hall–Kier alpha value is -3.68. The Balaban J connectivity index is 1.84. The Kier molecular flexibility index (Phi) is 3.30. The van der Waals surface area contributed by atoms with Crippen molar-refractivity contribution in [2.75, 3.05) is 5.73 Å². The van der Waals surface area contributed by atoms with Crippen molar-refractivity contribution in [2.24, 2.45) is 0 Å². The minimum absolute atomic E-state index is 0.0320. The van der Waals surface area contributed by atoms with Gasteiger partial charge in [0.2, 0.25) is 0 Å². The molecule has 8 heteroatoms. The molecular weight excluding hydrogens is 336 g/mol. The lowest BCUT2D eigenvalue weighted by Crippen LogP contribution is -2.47. The molecule has 1 atom stereocenters. The Morgan fingerprint density at radius 2 is 1.81 bits per heavy atom. The molecule has 2 heterocycles. The summed E-state index contributed by atoms with van der Waals surface area (Å²) < 4.78 is 1.46. The number of nitrogens with one attached hydrogen (secondary N) is 2. The lowest BCUT2D eigenvalue weighted by Gasteiger charge is -2.27. The van der Waals surface area contributed by atoms with E-state index in [0.717, 1.165) is 0 Å². The van der Waals surface area contributed by atoms with Crippen LogP contribution in [-0.4, -0.2) is 26.7 Å². The zero-order valence-electron chi connectivity index (χ0n) is 13.6. The van der Waals surface area contributed by atoms with Crippen molar-refractivity contribution in [2.45, 2.75) is 12.1 Å². The molecule has 1 aromatic heterocycles. The molecule has 3 amide bonds. The van der Waals surface area contributed by atoms with Gasteiger partial charge in [-0.15, -0.1) is 0 Å². The summed E-state index contributed by atoms with van der Waals surface area (Å²) in [6, 6.07) is 10.5. The smallest absolute Gasteiger partial charge is 0.322 e. The van der Waals surface area contributed by atoms with E-state index in [4.69, 9.17) is 5.73 Å². The summed E-state index contributed by atoms with van der Waals surface area (Å²) in [5.74, 6) is -0.522. The summed E-state index contributed by atoms with van der Waals surface area (Å²) >= 11 is 0. The fourth-order valence-corrected chi connectivity index (χ4v) is 3.29. The number of fused-ring (bicyclic) bond motifs is 1. The lowest BCUT2D eigenvalue weighted by molar-refractivity contribution is -0.124. The fourth-order valence-electron chi connectivity index (χ4n) is 3.29. The molecule has 0 radical (unpaired) electrons. The predicted molar refractivity (Wildman–Crippen MR) is 94.5 cm³/mol. The van der Waals surface area contributed by atoms with Gasteiger partial charge in [-0.05, 0) is 35.9 Å². The molecule has 1 saturated heterocycles. The number of phenols is 1. The molecule has 6 N–H and O–H groups in total. The third kappa shape index (κ3) is 2.31. The minimum atomic E-state index is -1.39. The van der Waals surface area contributed by atoms with Gasteiger partial charge in [-0.1, -0.05) is 12.1 Å². The number of nitrogens with zero attached hydrogens (tertiary/aromatic N) is 1. The second-order valence-corrected chi connectivity index (χ2v) is 6.29. The molecule has 0 saturated carbocycles. The lowest BCUT2D eigenvalue weighted by atomic mass is 9.89. The maximum Gasteiger partial charge on any atom is 0.322 e. The standard InChI is InChI=1S/C18H16N4O4/c19-12-3-1-11(2-4-12)18(16(25)20-17(26)21-18)9-22-8-10-7-13(23)5-6-14(10)15(22)24/h1-8,23-24H,9,19H2,(H2,20,21,25,26)/t18-/m0/s1. The normalized spacial score (nSPS) is 19.5. The molecular formula is C18H16N4O4. The van der Waals surface area contributed by atoms with E-state index in [9.17, 15) is 19.8 Å². The summed E-state index contributed by atoms with van der Waals surface area (Å²) in [7, 11) is 0. The second-order valence-electron chi connectivity index (χ2n) is 6.29. The van der Waals surface area contributed by atoms with Crippen molar-refractivity contribution in [3.63, 3.8) is 0 Å². The molecule has 3 aromatic rings. The fraction of sp³-hybridized carbons (Fsp3) is 0.111. The number of aromatic hydroxyl groups is 2. The monoisotopic (exact) mass is 352 g/mol. The first-order chi connectivity index (χ1) is 12.4. The molecule has 0 bridgehead atoms. The number of anilines is 1. The van der Waals surface area contributed by atoms with Crippen LogP contribution >= 0.6 is 0 Å². The molecule has 1 aliphatic heterocycles. The SMILES string of the molecule is Nc1ccc([C@]2(Cn3cc4cc(O)ccc4c3O)NC(=O)NC2=O)cc1. The topological polar surface area (TPSA) is 130 Å². The van der Waals surface area contributed by atoms with E-state index in [1.807, 2.05) is 0 Å². The number of benzene rings is 2. The summed E-state index contributed by atoms with van der Waals surface area (Å²) in [5.41, 5.74) is 5.39. The number of hydrogen-bond acceptors (Lipinski definition) is 5. The van der Waals surface area contributed by atoms with E-state index < -0.39 is 17.5 Å². The molecule has 8 nitrogen and oxygen atoms in total. The van der Waals surface area contributed by atoms with Gasteiger partial charge in [0.05, 0.1) is 6.54 Å². The number of amides is 3. The number of rotatable bonds is 3. The third-order valence-electron chi connectivity index (χ3n) is 4.60. The molecule has 2 aromatic carbocycles. The van der Waals surface area contributed by atoms with Crippen molar-refractivity contribution in [1.29, 1.82) is 0 Å². The van der Waals surface area contributed by atoms with Crippen LogP contribution in [0.4, 0.5) is 10.5 Å². The number of phenolic OH excluding ortho intramolecular Hbond substituents is 1. The Morgan fingerprint density at radius 1 is 1.08 bits per heavy atom. The number of aromatic nitrogens is 1. The Morgan fingerprint density at radius 3 is 2.46 bits per heavy atom. The first-order valence-corrected chi connectivity index (χ1v) is 7.89. The quantitative estimate of drug-likeness (QED) is 0.359. The molecule has 0 unspecified atom stereocenters. The van der Waals surface area contributed by atoms with Gasteiger partial charge in [0, 0.05) is 22.7 Å². The third-order valence-corrected chi connectivity index (χ3v) is 4.60. The van der Waals surface area contributed by atoms with Gasteiger partial charge in [0.1, 0.15) is 5.75 Å². The van der Waals surface area contributed by atoms with Crippen LogP contribution < -0.4 is 16.4 Å². The highest BCUT2D eigenvalue weighted by atomic mass is 16.3. The number of nitrogen functional groups attached to an aromatic ring is 1. The summed E-state index contributed by atoms with van der Waals surface area (Å²) in [4.78, 5) is 24.4. The number of hydrogen-bond donors (Lipinski definition) is 5. The zero-order valence-corrected chi connectivity index (χ0v) is 13.6. The first-order valence-electron chi connectivity index (χ1n) is 7.89. The van der Waals surface area contributed by atoms with Gasteiger partial charge >= 0.3 is 6.03 Å². The molecule has 26 heavy (non-hydrogen) atoms. The number of carbonyl (C=O) groups is 2. The van der Waals surface area contributed by atoms with Gasteiger partial charge in [0.25, 0.3) is 5.91 Å². The largest absolute Gasteiger partial charge is 0.508 e. The van der Waals surface area contributed by atoms with Gasteiger partial charge < -0.3 is 25.8 Å².